The smallest absolute Gasteiger partial charge is 0.324 e. The van der Waals surface area contributed by atoms with E-state index in [1.54, 1.807) is 19.4 Å². The second kappa shape index (κ2) is 9.06. The lowest BCUT2D eigenvalue weighted by molar-refractivity contribution is 0.161. The summed E-state index contributed by atoms with van der Waals surface area (Å²) in [6.45, 7) is 3.24. The van der Waals surface area contributed by atoms with Crippen LogP contribution in [0.25, 0.3) is 16.1 Å². The van der Waals surface area contributed by atoms with Gasteiger partial charge in [0.05, 0.1) is 32.2 Å². The zero-order valence-electron chi connectivity index (χ0n) is 16.8. The Kier molecular flexibility index (Phi) is 6.06. The molecule has 0 fully saturated rings. The van der Waals surface area contributed by atoms with Gasteiger partial charge in [-0.15, -0.1) is 11.3 Å². The summed E-state index contributed by atoms with van der Waals surface area (Å²) < 4.78 is 11.0. The molecule has 154 valence electrons. The number of urea groups is 1. The Morgan fingerprint density at radius 1 is 1.23 bits per heavy atom. The van der Waals surface area contributed by atoms with Crippen molar-refractivity contribution in [3.05, 3.63) is 59.2 Å². The molecular weight excluding hydrogens is 400 g/mol. The van der Waals surface area contributed by atoms with Crippen LogP contribution < -0.4 is 15.4 Å². The Morgan fingerprint density at radius 3 is 2.87 bits per heavy atom. The quantitative estimate of drug-likeness (QED) is 0.606. The van der Waals surface area contributed by atoms with Crippen molar-refractivity contribution in [2.24, 2.45) is 0 Å². The van der Waals surface area contributed by atoms with Gasteiger partial charge in [0.15, 0.2) is 0 Å². The molecule has 2 amide bonds. The molecule has 1 aliphatic heterocycles. The molecule has 0 saturated heterocycles. The van der Waals surface area contributed by atoms with Gasteiger partial charge in [-0.3, -0.25) is 10.3 Å². The minimum Gasteiger partial charge on any atom is -0.496 e. The number of aryl methyl sites for hydroxylation is 1. The van der Waals surface area contributed by atoms with Gasteiger partial charge < -0.3 is 14.8 Å². The molecule has 2 N–H and O–H groups in total. The number of hydrogen-bond acceptors (Lipinski definition) is 6. The molecule has 4 rings (SSSR count). The zero-order chi connectivity index (χ0) is 20.9. The average Bonchev–Trinajstić information content (AvgIpc) is 3.24. The molecule has 3 aromatic rings. The summed E-state index contributed by atoms with van der Waals surface area (Å²) in [6, 6.07) is 9.33. The van der Waals surface area contributed by atoms with Crippen LogP contribution in [-0.4, -0.2) is 36.3 Å². The van der Waals surface area contributed by atoms with Crippen LogP contribution in [-0.2, 0) is 4.74 Å². The van der Waals surface area contributed by atoms with Crippen LogP contribution in [0.5, 0.6) is 5.75 Å². The predicted octanol–water partition coefficient (Wildman–Crippen LogP) is 4.97. The van der Waals surface area contributed by atoms with Gasteiger partial charge in [0, 0.05) is 22.2 Å². The third kappa shape index (κ3) is 4.67. The molecule has 0 spiro atoms. The number of anilines is 2. The highest BCUT2D eigenvalue weighted by Crippen LogP contribution is 2.35. The van der Waals surface area contributed by atoms with Crippen molar-refractivity contribution in [2.75, 3.05) is 31.0 Å². The number of ether oxygens (including phenoxy) is 2. The van der Waals surface area contributed by atoms with Gasteiger partial charge in [-0.2, -0.15) is 0 Å². The van der Waals surface area contributed by atoms with E-state index in [4.69, 9.17) is 9.47 Å². The van der Waals surface area contributed by atoms with E-state index in [0.29, 0.717) is 18.1 Å². The molecule has 0 unspecified atom stereocenters. The van der Waals surface area contributed by atoms with E-state index < -0.39 is 0 Å². The molecule has 0 saturated carbocycles. The summed E-state index contributed by atoms with van der Waals surface area (Å²) in [7, 11) is 1.67. The van der Waals surface area contributed by atoms with E-state index in [1.807, 2.05) is 30.5 Å². The van der Waals surface area contributed by atoms with E-state index >= 15 is 0 Å². The number of methoxy groups -OCH3 is 1. The SMILES string of the molecule is COc1cc(-c2nc(NC(=O)Nc3ccc(C)nc3)cs2)ccc1C1=CCOCC1. The van der Waals surface area contributed by atoms with Crippen LogP contribution in [0.2, 0.25) is 0 Å². The van der Waals surface area contributed by atoms with Gasteiger partial charge in [0.25, 0.3) is 0 Å². The summed E-state index contributed by atoms with van der Waals surface area (Å²) in [5.74, 6) is 1.29. The molecule has 8 heteroatoms. The van der Waals surface area contributed by atoms with Crippen molar-refractivity contribution in [3.63, 3.8) is 0 Å². The number of rotatable bonds is 5. The fourth-order valence-electron chi connectivity index (χ4n) is 3.15. The Balaban J connectivity index is 1.47. The second-order valence-electron chi connectivity index (χ2n) is 6.77. The number of pyridine rings is 1. The fraction of sp³-hybridized carbons (Fsp3) is 0.227. The first-order valence-electron chi connectivity index (χ1n) is 9.54. The third-order valence-corrected chi connectivity index (χ3v) is 5.56. The van der Waals surface area contributed by atoms with Crippen LogP contribution in [0.4, 0.5) is 16.3 Å². The monoisotopic (exact) mass is 422 g/mol. The number of benzene rings is 1. The minimum absolute atomic E-state index is 0.364. The molecule has 1 aliphatic rings. The third-order valence-electron chi connectivity index (χ3n) is 4.67. The number of thiazole rings is 1. The van der Waals surface area contributed by atoms with Crippen molar-refractivity contribution >= 4 is 34.4 Å². The maximum atomic E-state index is 12.2. The minimum atomic E-state index is -0.364. The van der Waals surface area contributed by atoms with Gasteiger partial charge >= 0.3 is 6.03 Å². The number of amides is 2. The lowest BCUT2D eigenvalue weighted by Gasteiger charge is -2.17. The van der Waals surface area contributed by atoms with Crippen molar-refractivity contribution < 1.29 is 14.3 Å². The number of hydrogen-bond donors (Lipinski definition) is 2. The Bertz CT molecular complexity index is 1080. The highest BCUT2D eigenvalue weighted by atomic mass is 32.1. The van der Waals surface area contributed by atoms with E-state index in [9.17, 15) is 4.79 Å². The van der Waals surface area contributed by atoms with E-state index in [0.717, 1.165) is 40.6 Å². The molecule has 2 aromatic heterocycles. The van der Waals surface area contributed by atoms with Crippen molar-refractivity contribution in [2.45, 2.75) is 13.3 Å². The molecule has 7 nitrogen and oxygen atoms in total. The first kappa shape index (κ1) is 20.1. The van der Waals surface area contributed by atoms with E-state index in [2.05, 4.69) is 32.7 Å². The summed E-state index contributed by atoms with van der Waals surface area (Å²) >= 11 is 1.46. The molecule has 30 heavy (non-hydrogen) atoms. The van der Waals surface area contributed by atoms with Gasteiger partial charge in [0.1, 0.15) is 16.6 Å². The maximum absolute atomic E-state index is 12.2. The fourth-order valence-corrected chi connectivity index (χ4v) is 3.89. The number of nitrogens with one attached hydrogen (secondary N) is 2. The zero-order valence-corrected chi connectivity index (χ0v) is 17.6. The molecule has 1 aromatic carbocycles. The second-order valence-corrected chi connectivity index (χ2v) is 7.63. The van der Waals surface area contributed by atoms with Crippen molar-refractivity contribution in [1.82, 2.24) is 9.97 Å². The largest absolute Gasteiger partial charge is 0.496 e. The lowest BCUT2D eigenvalue weighted by atomic mass is 9.99. The van der Waals surface area contributed by atoms with Gasteiger partial charge in [-0.1, -0.05) is 18.2 Å². The van der Waals surface area contributed by atoms with E-state index in [-0.39, 0.29) is 6.03 Å². The summed E-state index contributed by atoms with van der Waals surface area (Å²) in [5.41, 5.74) is 4.75. The van der Waals surface area contributed by atoms with Crippen LogP contribution in [0.3, 0.4) is 0 Å². The molecular formula is C22H22N4O3S. The standard InChI is InChI=1S/C22H22N4O3S/c1-14-3-5-17(12-23-14)24-22(27)26-20-13-30-21(25-20)16-4-6-18(19(11-16)28-2)15-7-9-29-10-8-15/h3-7,11-13H,8-10H2,1-2H3,(H2,24,26,27). The van der Waals surface area contributed by atoms with Gasteiger partial charge in [-0.05, 0) is 37.1 Å². The van der Waals surface area contributed by atoms with Crippen molar-refractivity contribution in [3.8, 4) is 16.3 Å². The van der Waals surface area contributed by atoms with Crippen molar-refractivity contribution in [1.29, 1.82) is 0 Å². The molecule has 3 heterocycles. The van der Waals surface area contributed by atoms with E-state index in [1.165, 1.54) is 16.9 Å². The predicted molar refractivity (Wildman–Crippen MR) is 119 cm³/mol. The molecule has 0 bridgehead atoms. The topological polar surface area (TPSA) is 85.4 Å². The lowest BCUT2D eigenvalue weighted by Crippen LogP contribution is -2.19. The number of aromatic nitrogens is 2. The average molecular weight is 423 g/mol. The molecule has 0 radical (unpaired) electrons. The van der Waals surface area contributed by atoms with Crippen LogP contribution in [0, 0.1) is 6.92 Å². The molecule has 0 atom stereocenters. The first-order chi connectivity index (χ1) is 14.6. The van der Waals surface area contributed by atoms with Crippen LogP contribution in [0.1, 0.15) is 17.7 Å². The Hall–Kier alpha value is -3.23. The molecule has 0 aliphatic carbocycles. The van der Waals surface area contributed by atoms with Gasteiger partial charge in [0.2, 0.25) is 0 Å². The number of carbonyl (C=O) groups is 1. The first-order valence-corrected chi connectivity index (χ1v) is 10.4. The number of carbonyl (C=O) groups excluding carboxylic acids is 1. The summed E-state index contributed by atoms with van der Waals surface area (Å²) in [4.78, 5) is 20.9. The highest BCUT2D eigenvalue weighted by molar-refractivity contribution is 7.13. The normalized spacial score (nSPS) is 13.5. The Morgan fingerprint density at radius 2 is 2.13 bits per heavy atom. The van der Waals surface area contributed by atoms with Gasteiger partial charge in [-0.25, -0.2) is 9.78 Å². The summed E-state index contributed by atoms with van der Waals surface area (Å²) in [5, 5.41) is 8.11. The highest BCUT2D eigenvalue weighted by Gasteiger charge is 2.14. The van der Waals surface area contributed by atoms with Crippen LogP contribution >= 0.6 is 11.3 Å². The maximum Gasteiger partial charge on any atom is 0.324 e. The Labute approximate surface area is 178 Å². The van der Waals surface area contributed by atoms with Crippen LogP contribution in [0.15, 0.2) is 48.0 Å². The summed E-state index contributed by atoms with van der Waals surface area (Å²) in [6.07, 6.45) is 4.57. The number of nitrogens with zero attached hydrogens (tertiary/aromatic N) is 2.